The molecule has 0 saturated heterocycles. The number of aliphatic hydroxyl groups is 1. The largest absolute Gasteiger partial charge is 0.508 e. The summed E-state index contributed by atoms with van der Waals surface area (Å²) >= 11 is 0. The number of hydrogen-bond acceptors (Lipinski definition) is 10. The van der Waals surface area contributed by atoms with E-state index in [1.807, 2.05) is 0 Å². The first kappa shape index (κ1) is 23.4. The Hall–Kier alpha value is -1.62. The minimum atomic E-state index is -0.857. The molecule has 0 rings (SSSR count). The van der Waals surface area contributed by atoms with E-state index in [4.69, 9.17) is 33.5 Å². The Kier molecular flexibility index (Phi) is 14.9. The third-order valence-corrected chi connectivity index (χ3v) is 2.49. The fraction of sp³-hybridized carbons (Fsp3) is 0.867. The van der Waals surface area contributed by atoms with Crippen molar-refractivity contribution in [3.05, 3.63) is 0 Å². The maximum absolute atomic E-state index is 11.2. The van der Waals surface area contributed by atoms with Gasteiger partial charge in [0.15, 0.2) is 0 Å². The van der Waals surface area contributed by atoms with Gasteiger partial charge in [-0.1, -0.05) is 0 Å². The van der Waals surface area contributed by atoms with Crippen LogP contribution in [0.15, 0.2) is 0 Å². The van der Waals surface area contributed by atoms with Crippen molar-refractivity contribution >= 4 is 12.3 Å². The molecule has 10 nitrogen and oxygen atoms in total. The fourth-order valence-electron chi connectivity index (χ4n) is 1.42. The molecule has 2 atom stereocenters. The van der Waals surface area contributed by atoms with E-state index >= 15 is 0 Å². The second-order valence-electron chi connectivity index (χ2n) is 4.92. The lowest BCUT2D eigenvalue weighted by Crippen LogP contribution is -2.24. The predicted octanol–water partition coefficient (Wildman–Crippen LogP) is 0.742. The summed E-state index contributed by atoms with van der Waals surface area (Å²) < 4.78 is 34.4. The quantitative estimate of drug-likeness (QED) is 0.347. The lowest BCUT2D eigenvalue weighted by Gasteiger charge is -2.15. The van der Waals surface area contributed by atoms with E-state index in [1.165, 1.54) is 7.11 Å². The number of rotatable bonds is 14. The molecule has 0 aromatic carbocycles. The number of hydrogen-bond donors (Lipinski definition) is 1. The van der Waals surface area contributed by atoms with Gasteiger partial charge in [-0.2, -0.15) is 0 Å². The number of ether oxygens (including phenoxy) is 7. The average molecular weight is 368 g/mol. The number of methoxy groups -OCH3 is 1. The van der Waals surface area contributed by atoms with Crippen molar-refractivity contribution in [2.24, 2.45) is 0 Å². The third kappa shape index (κ3) is 15.6. The van der Waals surface area contributed by atoms with Gasteiger partial charge >= 0.3 is 12.3 Å². The van der Waals surface area contributed by atoms with E-state index in [9.17, 15) is 9.59 Å². The Balaban J connectivity index is 3.52. The van der Waals surface area contributed by atoms with Gasteiger partial charge in [-0.05, 0) is 13.8 Å². The van der Waals surface area contributed by atoms with Gasteiger partial charge in [0.1, 0.15) is 25.4 Å². The second-order valence-corrected chi connectivity index (χ2v) is 4.92. The zero-order valence-electron chi connectivity index (χ0n) is 14.9. The number of aliphatic hydroxyl groups excluding tert-OH is 1. The Morgan fingerprint density at radius 1 is 0.800 bits per heavy atom. The molecule has 0 bridgehead atoms. The van der Waals surface area contributed by atoms with E-state index in [0.29, 0.717) is 6.61 Å². The molecule has 0 aromatic rings. The van der Waals surface area contributed by atoms with Crippen LogP contribution in [-0.2, 0) is 33.2 Å². The summed E-state index contributed by atoms with van der Waals surface area (Å²) in [7, 11) is 1.50. The van der Waals surface area contributed by atoms with E-state index in [0.717, 1.165) is 0 Å². The van der Waals surface area contributed by atoms with Crippen LogP contribution in [0.25, 0.3) is 0 Å². The molecular weight excluding hydrogens is 340 g/mol. The molecule has 0 aliphatic rings. The topological polar surface area (TPSA) is 119 Å². The Labute approximate surface area is 147 Å². The SMILES string of the molecule is COCCOC(=O)OC(C)COCCOCC(C)OC(=O)OCCO. The molecule has 0 heterocycles. The van der Waals surface area contributed by atoms with Crippen LogP contribution in [0.4, 0.5) is 9.59 Å². The first-order chi connectivity index (χ1) is 12.0. The van der Waals surface area contributed by atoms with Gasteiger partial charge in [-0.3, -0.25) is 0 Å². The van der Waals surface area contributed by atoms with Crippen LogP contribution in [-0.4, -0.2) is 89.6 Å². The zero-order valence-corrected chi connectivity index (χ0v) is 14.9. The number of carbonyl (C=O) groups is 2. The van der Waals surface area contributed by atoms with Gasteiger partial charge in [0.25, 0.3) is 0 Å². The van der Waals surface area contributed by atoms with Crippen LogP contribution in [0, 0.1) is 0 Å². The molecule has 0 saturated carbocycles. The molecule has 0 amide bonds. The van der Waals surface area contributed by atoms with Crippen molar-refractivity contribution in [3.63, 3.8) is 0 Å². The fourth-order valence-corrected chi connectivity index (χ4v) is 1.42. The highest BCUT2D eigenvalue weighted by Gasteiger charge is 2.12. The summed E-state index contributed by atoms with van der Waals surface area (Å²) in [6.45, 7) is 4.32. The predicted molar refractivity (Wildman–Crippen MR) is 84.4 cm³/mol. The molecule has 1 N–H and O–H groups in total. The molecule has 0 aromatic heterocycles. The minimum absolute atomic E-state index is 0.111. The van der Waals surface area contributed by atoms with Crippen molar-refractivity contribution < 1.29 is 47.9 Å². The highest BCUT2D eigenvalue weighted by atomic mass is 16.7. The molecular formula is C15H28O10. The smallest absolute Gasteiger partial charge is 0.432 e. The van der Waals surface area contributed by atoms with Crippen LogP contribution in [0.1, 0.15) is 13.8 Å². The summed E-state index contributed by atoms with van der Waals surface area (Å²) in [5, 5.41) is 8.50. The minimum Gasteiger partial charge on any atom is -0.432 e. The Morgan fingerprint density at radius 3 is 1.72 bits per heavy atom. The first-order valence-electron chi connectivity index (χ1n) is 7.91. The third-order valence-electron chi connectivity index (χ3n) is 2.49. The summed E-state index contributed by atoms with van der Waals surface area (Å²) in [5.41, 5.74) is 0. The van der Waals surface area contributed by atoms with E-state index in [1.54, 1.807) is 13.8 Å². The first-order valence-corrected chi connectivity index (χ1v) is 7.91. The van der Waals surface area contributed by atoms with Crippen LogP contribution in [0.2, 0.25) is 0 Å². The standard InChI is InChI=1S/C15H28O10/c1-12(24-14(17)22-5-4-16)10-20-7-8-21-11-13(2)25-15(18)23-9-6-19-3/h12-13,16H,4-11H2,1-3H3. The van der Waals surface area contributed by atoms with Crippen LogP contribution in [0.3, 0.4) is 0 Å². The van der Waals surface area contributed by atoms with Crippen LogP contribution >= 0.6 is 0 Å². The van der Waals surface area contributed by atoms with Crippen molar-refractivity contribution in [3.8, 4) is 0 Å². The zero-order chi connectivity index (χ0) is 18.9. The molecule has 10 heteroatoms. The molecule has 148 valence electrons. The van der Waals surface area contributed by atoms with E-state index in [-0.39, 0.29) is 46.2 Å². The monoisotopic (exact) mass is 368 g/mol. The van der Waals surface area contributed by atoms with Crippen molar-refractivity contribution in [2.75, 3.05) is 60.0 Å². The lowest BCUT2D eigenvalue weighted by atomic mass is 10.4. The average Bonchev–Trinajstić information content (AvgIpc) is 2.56. The number of carbonyl (C=O) groups excluding carboxylic acids is 2. The van der Waals surface area contributed by atoms with Gasteiger partial charge in [-0.25, -0.2) is 9.59 Å². The summed E-state index contributed by atoms with van der Waals surface area (Å²) in [4.78, 5) is 22.3. The summed E-state index contributed by atoms with van der Waals surface area (Å²) in [5.74, 6) is 0. The van der Waals surface area contributed by atoms with Crippen molar-refractivity contribution in [1.29, 1.82) is 0 Å². The molecule has 0 aliphatic carbocycles. The molecule has 0 fully saturated rings. The van der Waals surface area contributed by atoms with Crippen molar-refractivity contribution in [1.82, 2.24) is 0 Å². The second kappa shape index (κ2) is 15.9. The lowest BCUT2D eigenvalue weighted by molar-refractivity contribution is -0.0409. The summed E-state index contributed by atoms with van der Waals surface area (Å²) in [6, 6.07) is 0. The van der Waals surface area contributed by atoms with Gasteiger partial charge in [0, 0.05) is 7.11 Å². The highest BCUT2D eigenvalue weighted by molar-refractivity contribution is 5.60. The molecule has 0 radical (unpaired) electrons. The maximum atomic E-state index is 11.2. The van der Waals surface area contributed by atoms with E-state index < -0.39 is 24.5 Å². The summed E-state index contributed by atoms with van der Waals surface area (Å²) in [6.07, 6.45) is -2.58. The van der Waals surface area contributed by atoms with Gasteiger partial charge in [0.05, 0.1) is 39.6 Å². The highest BCUT2D eigenvalue weighted by Crippen LogP contribution is 1.98. The molecule has 0 spiro atoms. The van der Waals surface area contributed by atoms with Crippen LogP contribution < -0.4 is 0 Å². The molecule has 25 heavy (non-hydrogen) atoms. The van der Waals surface area contributed by atoms with E-state index in [2.05, 4.69) is 4.74 Å². The molecule has 2 unspecified atom stereocenters. The normalized spacial score (nSPS) is 13.0. The Morgan fingerprint density at radius 2 is 1.28 bits per heavy atom. The maximum Gasteiger partial charge on any atom is 0.508 e. The van der Waals surface area contributed by atoms with Crippen LogP contribution in [0.5, 0.6) is 0 Å². The van der Waals surface area contributed by atoms with Gasteiger partial charge in [0.2, 0.25) is 0 Å². The van der Waals surface area contributed by atoms with Gasteiger partial charge < -0.3 is 38.3 Å². The van der Waals surface area contributed by atoms with Gasteiger partial charge in [-0.15, -0.1) is 0 Å². The molecule has 0 aliphatic heterocycles. The van der Waals surface area contributed by atoms with Crippen molar-refractivity contribution in [2.45, 2.75) is 26.1 Å². The Bertz CT molecular complexity index is 349.